The molecule has 3 aromatic rings. The van der Waals surface area contributed by atoms with Crippen molar-refractivity contribution in [1.29, 1.82) is 0 Å². The molecule has 0 saturated carbocycles. The van der Waals surface area contributed by atoms with Gasteiger partial charge in [0, 0.05) is 28.9 Å². The van der Waals surface area contributed by atoms with E-state index < -0.39 is 11.9 Å². The number of hydrogen-bond donors (Lipinski definition) is 2. The lowest BCUT2D eigenvalue weighted by molar-refractivity contribution is 0.0985. The Morgan fingerprint density at radius 3 is 2.67 bits per heavy atom. The number of benzene rings is 3. The maximum atomic E-state index is 13.8. The van der Waals surface area contributed by atoms with Gasteiger partial charge >= 0.3 is 0 Å². The summed E-state index contributed by atoms with van der Waals surface area (Å²) < 4.78 is 19.2. The molecular weight excluding hydrogens is 423 g/mol. The predicted octanol–water partition coefficient (Wildman–Crippen LogP) is 4.87. The molecule has 0 aromatic heterocycles. The summed E-state index contributed by atoms with van der Waals surface area (Å²) in [6.45, 7) is 2.25. The number of hydrogen-bond acceptors (Lipinski definition) is 4. The Morgan fingerprint density at radius 1 is 1.12 bits per heavy atom. The molecule has 3 aromatic carbocycles. The first kappa shape index (κ1) is 22.5. The van der Waals surface area contributed by atoms with Gasteiger partial charge in [0.25, 0.3) is 11.8 Å². The van der Waals surface area contributed by atoms with Crippen molar-refractivity contribution >= 4 is 23.2 Å². The van der Waals surface area contributed by atoms with Crippen molar-refractivity contribution in [2.24, 2.45) is 0 Å². The first-order chi connectivity index (χ1) is 15.9. The van der Waals surface area contributed by atoms with Gasteiger partial charge in [0.2, 0.25) is 0 Å². The summed E-state index contributed by atoms with van der Waals surface area (Å²) >= 11 is 0. The monoisotopic (exact) mass is 448 g/mol. The Kier molecular flexibility index (Phi) is 6.42. The molecule has 1 heterocycles. The topological polar surface area (TPSA) is 78.9 Å². The van der Waals surface area contributed by atoms with Crippen molar-refractivity contribution in [3.05, 3.63) is 88.7 Å². The quantitative estimate of drug-likeness (QED) is 0.597. The molecule has 33 heavy (non-hydrogen) atoms. The highest BCUT2D eigenvalue weighted by Gasteiger charge is 2.27. The SMILES string of the molecule is COc1cc(C(=O)N2CCCC(O)c3cc(F)ccc32)ccc1NC(=O)c1ccccc1C. The van der Waals surface area contributed by atoms with Crippen LogP contribution in [0.2, 0.25) is 0 Å². The van der Waals surface area contributed by atoms with Crippen molar-refractivity contribution in [3.63, 3.8) is 0 Å². The van der Waals surface area contributed by atoms with Crippen molar-refractivity contribution in [2.45, 2.75) is 25.9 Å². The number of aryl methyl sites for hydroxylation is 1. The fraction of sp³-hybridized carbons (Fsp3) is 0.231. The lowest BCUT2D eigenvalue weighted by Crippen LogP contribution is -2.31. The first-order valence-electron chi connectivity index (χ1n) is 10.7. The molecule has 2 N–H and O–H groups in total. The number of nitrogens with zero attached hydrogens (tertiary/aromatic N) is 1. The minimum Gasteiger partial charge on any atom is -0.495 e. The van der Waals surface area contributed by atoms with Gasteiger partial charge in [-0.2, -0.15) is 0 Å². The zero-order valence-electron chi connectivity index (χ0n) is 18.5. The third-order valence-corrected chi connectivity index (χ3v) is 5.83. The molecule has 6 nitrogen and oxygen atoms in total. The Morgan fingerprint density at radius 2 is 1.91 bits per heavy atom. The molecule has 0 fully saturated rings. The van der Waals surface area contributed by atoms with E-state index in [1.54, 1.807) is 35.2 Å². The number of aliphatic hydroxyl groups is 1. The summed E-state index contributed by atoms with van der Waals surface area (Å²) in [5.74, 6) is -0.690. The van der Waals surface area contributed by atoms with Crippen LogP contribution >= 0.6 is 0 Å². The molecule has 4 rings (SSSR count). The minimum absolute atomic E-state index is 0.275. The van der Waals surface area contributed by atoms with Crippen LogP contribution in [-0.2, 0) is 0 Å². The average molecular weight is 448 g/mol. The smallest absolute Gasteiger partial charge is 0.258 e. The molecule has 0 aliphatic carbocycles. The van der Waals surface area contributed by atoms with Crippen molar-refractivity contribution < 1.29 is 23.8 Å². The zero-order chi connectivity index (χ0) is 23.5. The van der Waals surface area contributed by atoms with E-state index in [1.165, 1.54) is 25.3 Å². The van der Waals surface area contributed by atoms with Gasteiger partial charge in [0.15, 0.2) is 0 Å². The molecule has 7 heteroatoms. The van der Waals surface area contributed by atoms with Gasteiger partial charge in [0.05, 0.1) is 18.9 Å². The second-order valence-electron chi connectivity index (χ2n) is 8.00. The standard InChI is InChI=1S/C26H25FN2O4/c1-16-6-3-4-7-19(16)25(31)28-21-11-9-17(14-24(21)33-2)26(32)29-13-5-8-23(30)20-15-18(27)10-12-22(20)29/h3-4,6-7,9-12,14-15,23,30H,5,8,13H2,1-2H3,(H,28,31). The highest BCUT2D eigenvalue weighted by atomic mass is 19.1. The molecule has 0 radical (unpaired) electrons. The normalized spacial score (nSPS) is 15.4. The van der Waals surface area contributed by atoms with Crippen LogP contribution < -0.4 is 15.0 Å². The number of amides is 2. The number of anilines is 2. The van der Waals surface area contributed by atoms with Gasteiger partial charge in [0.1, 0.15) is 11.6 Å². The lowest BCUT2D eigenvalue weighted by atomic mass is 10.0. The molecule has 170 valence electrons. The van der Waals surface area contributed by atoms with E-state index in [2.05, 4.69) is 5.32 Å². The van der Waals surface area contributed by atoms with E-state index in [1.807, 2.05) is 19.1 Å². The number of carbonyl (C=O) groups excluding carboxylic acids is 2. The molecule has 1 unspecified atom stereocenters. The fourth-order valence-electron chi connectivity index (χ4n) is 4.07. The average Bonchev–Trinajstić information content (AvgIpc) is 2.97. The van der Waals surface area contributed by atoms with Crippen LogP contribution in [0.25, 0.3) is 0 Å². The lowest BCUT2D eigenvalue weighted by Gasteiger charge is -2.24. The predicted molar refractivity (Wildman–Crippen MR) is 124 cm³/mol. The van der Waals surface area contributed by atoms with Gasteiger partial charge in [-0.05, 0) is 67.8 Å². The Labute approximate surface area is 191 Å². The van der Waals surface area contributed by atoms with Crippen molar-refractivity contribution in [1.82, 2.24) is 0 Å². The molecule has 0 spiro atoms. The maximum absolute atomic E-state index is 13.8. The number of ether oxygens (including phenoxy) is 1. The summed E-state index contributed by atoms with van der Waals surface area (Å²) in [5, 5.41) is 13.2. The van der Waals surface area contributed by atoms with E-state index in [9.17, 15) is 19.1 Å². The van der Waals surface area contributed by atoms with Crippen LogP contribution in [0.5, 0.6) is 5.75 Å². The highest BCUT2D eigenvalue weighted by molar-refractivity contribution is 6.09. The maximum Gasteiger partial charge on any atom is 0.258 e. The second-order valence-corrected chi connectivity index (χ2v) is 8.00. The van der Waals surface area contributed by atoms with E-state index in [0.29, 0.717) is 53.2 Å². The van der Waals surface area contributed by atoms with Gasteiger partial charge in [-0.1, -0.05) is 18.2 Å². The van der Waals surface area contributed by atoms with Gasteiger partial charge in [-0.25, -0.2) is 4.39 Å². The van der Waals surface area contributed by atoms with Gasteiger partial charge in [-0.3, -0.25) is 9.59 Å². The summed E-state index contributed by atoms with van der Waals surface area (Å²) in [4.78, 5) is 27.6. The summed E-state index contributed by atoms with van der Waals surface area (Å²) in [6.07, 6.45) is 0.181. The number of halogens is 1. The van der Waals surface area contributed by atoms with Crippen molar-refractivity contribution in [2.75, 3.05) is 23.9 Å². The number of methoxy groups -OCH3 is 1. The van der Waals surface area contributed by atoms with Crippen LogP contribution in [0.15, 0.2) is 60.7 Å². The third-order valence-electron chi connectivity index (χ3n) is 5.83. The van der Waals surface area contributed by atoms with Crippen molar-refractivity contribution in [3.8, 4) is 5.75 Å². The zero-order valence-corrected chi connectivity index (χ0v) is 18.5. The number of fused-ring (bicyclic) bond motifs is 1. The molecule has 1 aliphatic rings. The van der Waals surface area contributed by atoms with Crippen LogP contribution in [-0.4, -0.2) is 30.6 Å². The minimum atomic E-state index is -0.831. The molecule has 1 atom stereocenters. The van der Waals surface area contributed by atoms with E-state index in [4.69, 9.17) is 4.74 Å². The summed E-state index contributed by atoms with van der Waals surface area (Å²) in [6, 6.07) is 16.1. The van der Waals surface area contributed by atoms with E-state index in [0.717, 1.165) is 5.56 Å². The second kappa shape index (κ2) is 9.42. The Balaban J connectivity index is 1.63. The largest absolute Gasteiger partial charge is 0.495 e. The Hall–Kier alpha value is -3.71. The molecule has 2 amide bonds. The van der Waals surface area contributed by atoms with Gasteiger partial charge in [-0.15, -0.1) is 0 Å². The number of aliphatic hydroxyl groups excluding tert-OH is 1. The van der Waals surface area contributed by atoms with Crippen LogP contribution in [0.1, 0.15) is 50.8 Å². The summed E-state index contributed by atoms with van der Waals surface area (Å²) in [7, 11) is 1.47. The molecular formula is C26H25FN2O4. The third kappa shape index (κ3) is 4.59. The number of carbonyl (C=O) groups is 2. The Bertz CT molecular complexity index is 1210. The van der Waals surface area contributed by atoms with Crippen LogP contribution in [0, 0.1) is 12.7 Å². The van der Waals surface area contributed by atoms with E-state index in [-0.39, 0.29) is 11.8 Å². The van der Waals surface area contributed by atoms with Crippen LogP contribution in [0.4, 0.5) is 15.8 Å². The fourth-order valence-corrected chi connectivity index (χ4v) is 4.07. The highest BCUT2D eigenvalue weighted by Crippen LogP contribution is 2.35. The first-order valence-corrected chi connectivity index (χ1v) is 10.7. The molecule has 0 saturated heterocycles. The molecule has 1 aliphatic heterocycles. The van der Waals surface area contributed by atoms with E-state index >= 15 is 0 Å². The van der Waals surface area contributed by atoms with Gasteiger partial charge < -0.3 is 20.1 Å². The van der Waals surface area contributed by atoms with Crippen LogP contribution in [0.3, 0.4) is 0 Å². The summed E-state index contributed by atoms with van der Waals surface area (Å²) in [5.41, 5.74) is 3.08. The number of nitrogens with one attached hydrogen (secondary N) is 1. The number of rotatable bonds is 4. The molecule has 0 bridgehead atoms.